The first-order valence-electron chi connectivity index (χ1n) is 11.0. The summed E-state index contributed by atoms with van der Waals surface area (Å²) >= 11 is 12.2. The van der Waals surface area contributed by atoms with E-state index in [-0.39, 0.29) is 31.1 Å². The Kier molecular flexibility index (Phi) is 9.54. The molecule has 0 heterocycles. The molecule has 0 radical (unpaired) electrons. The van der Waals surface area contributed by atoms with E-state index in [1.807, 2.05) is 18.2 Å². The van der Waals surface area contributed by atoms with Crippen molar-refractivity contribution < 1.29 is 19.0 Å². The van der Waals surface area contributed by atoms with Gasteiger partial charge in [0.05, 0.1) is 17.2 Å². The fourth-order valence-electron chi connectivity index (χ4n) is 4.24. The van der Waals surface area contributed by atoms with Crippen LogP contribution in [0.5, 0.6) is 11.5 Å². The van der Waals surface area contributed by atoms with Crippen LogP contribution in [0.2, 0.25) is 10.0 Å². The molecule has 0 saturated heterocycles. The number of nitrogens with one attached hydrogen (secondary N) is 1. The first kappa shape index (κ1) is 25.8. The number of halogens is 2. The fraction of sp³-hybridized carbons (Fsp3) is 0.370. The van der Waals surface area contributed by atoms with Crippen molar-refractivity contribution in [2.24, 2.45) is 0 Å². The van der Waals surface area contributed by atoms with Crippen molar-refractivity contribution in [3.8, 4) is 36.2 Å². The minimum atomic E-state index is -0.900. The van der Waals surface area contributed by atoms with Gasteiger partial charge in [-0.3, -0.25) is 4.79 Å². The Bertz CT molecular complexity index is 1090. The molecule has 2 aromatic rings. The lowest BCUT2D eigenvalue weighted by Crippen LogP contribution is -2.43. The van der Waals surface area contributed by atoms with Crippen LogP contribution >= 0.6 is 23.2 Å². The summed E-state index contributed by atoms with van der Waals surface area (Å²) in [5.74, 6) is 5.90. The number of rotatable bonds is 9. The second kappa shape index (κ2) is 12.6. The molecule has 2 aromatic carbocycles. The monoisotopic (exact) mass is 499 g/mol. The summed E-state index contributed by atoms with van der Waals surface area (Å²) < 4.78 is 16.8. The maximum absolute atomic E-state index is 13.3. The number of ether oxygens (including phenoxy) is 3. The summed E-state index contributed by atoms with van der Waals surface area (Å²) in [5, 5.41) is 3.93. The van der Waals surface area contributed by atoms with Gasteiger partial charge in [0.1, 0.15) is 13.2 Å². The average Bonchev–Trinajstić information content (AvgIpc) is 2.85. The molecule has 1 saturated carbocycles. The van der Waals surface area contributed by atoms with Crippen LogP contribution in [-0.4, -0.2) is 32.3 Å². The van der Waals surface area contributed by atoms with E-state index < -0.39 is 6.10 Å². The molecule has 1 aliphatic carbocycles. The topological polar surface area (TPSA) is 56.8 Å². The Hall–Kier alpha value is -2.83. The van der Waals surface area contributed by atoms with Crippen molar-refractivity contribution in [3.63, 3.8) is 0 Å². The fourth-order valence-corrected chi connectivity index (χ4v) is 4.55. The van der Waals surface area contributed by atoms with Gasteiger partial charge in [-0.05, 0) is 48.2 Å². The molecule has 1 unspecified atom stereocenters. The summed E-state index contributed by atoms with van der Waals surface area (Å²) in [6, 6.07) is 10.7. The van der Waals surface area contributed by atoms with Crippen LogP contribution in [0.3, 0.4) is 0 Å². The van der Waals surface area contributed by atoms with Crippen molar-refractivity contribution in [3.05, 3.63) is 57.6 Å². The standard InChI is InChI=1S/C27H27Cl2NO4/c1-4-14-33-24-13-11-18(17-25(24)32-3)20-8-6-7-9-23(20)30-27(31)26(34-15-5-2)19-10-12-21(28)22(29)16-19/h1-2,10-13,16-17,20,23,26H,6-9,14-15H2,3H3,(H,30,31)/t20-,23+,26?/m1/s1. The van der Waals surface area contributed by atoms with Crippen molar-refractivity contribution >= 4 is 29.1 Å². The smallest absolute Gasteiger partial charge is 0.254 e. The number of hydrogen-bond donors (Lipinski definition) is 1. The van der Waals surface area contributed by atoms with Crippen LogP contribution in [0.25, 0.3) is 0 Å². The van der Waals surface area contributed by atoms with Gasteiger partial charge in [0.2, 0.25) is 0 Å². The normalized spacial score (nSPS) is 18.3. The molecule has 178 valence electrons. The Labute approximate surface area is 211 Å². The molecular formula is C27H27Cl2NO4. The van der Waals surface area contributed by atoms with E-state index in [2.05, 4.69) is 17.2 Å². The highest BCUT2D eigenvalue weighted by Gasteiger charge is 2.31. The molecule has 0 aliphatic heterocycles. The molecule has 0 aromatic heterocycles. The highest BCUT2D eigenvalue weighted by Crippen LogP contribution is 2.38. The number of methoxy groups -OCH3 is 1. The number of terminal acetylenes is 2. The molecule has 1 amide bonds. The average molecular weight is 500 g/mol. The third-order valence-corrected chi connectivity index (χ3v) is 6.58. The van der Waals surface area contributed by atoms with Gasteiger partial charge in [-0.1, -0.05) is 60.0 Å². The molecule has 34 heavy (non-hydrogen) atoms. The lowest BCUT2D eigenvalue weighted by atomic mass is 9.79. The molecule has 7 heteroatoms. The third-order valence-electron chi connectivity index (χ3n) is 5.84. The highest BCUT2D eigenvalue weighted by molar-refractivity contribution is 6.42. The van der Waals surface area contributed by atoms with Crippen LogP contribution in [0, 0.1) is 24.7 Å². The summed E-state index contributed by atoms with van der Waals surface area (Å²) in [6.07, 6.45) is 13.6. The molecule has 3 rings (SSSR count). The van der Waals surface area contributed by atoms with E-state index in [1.54, 1.807) is 25.3 Å². The first-order chi connectivity index (χ1) is 16.5. The van der Waals surface area contributed by atoms with Gasteiger partial charge in [0.25, 0.3) is 5.91 Å². The van der Waals surface area contributed by atoms with Crippen molar-refractivity contribution in [2.75, 3.05) is 20.3 Å². The van der Waals surface area contributed by atoms with Gasteiger partial charge in [0.15, 0.2) is 17.6 Å². The van der Waals surface area contributed by atoms with Gasteiger partial charge in [0, 0.05) is 12.0 Å². The van der Waals surface area contributed by atoms with Crippen LogP contribution in [0.1, 0.15) is 48.8 Å². The number of carbonyl (C=O) groups is 1. The van der Waals surface area contributed by atoms with Gasteiger partial charge >= 0.3 is 0 Å². The molecule has 3 atom stereocenters. The zero-order chi connectivity index (χ0) is 24.5. The Morgan fingerprint density at radius 1 is 1.06 bits per heavy atom. The van der Waals surface area contributed by atoms with Crippen LogP contribution in [0.15, 0.2) is 36.4 Å². The molecule has 5 nitrogen and oxygen atoms in total. The van der Waals surface area contributed by atoms with Crippen molar-refractivity contribution in [1.29, 1.82) is 0 Å². The van der Waals surface area contributed by atoms with Crippen molar-refractivity contribution in [2.45, 2.75) is 43.7 Å². The van der Waals surface area contributed by atoms with Crippen LogP contribution < -0.4 is 14.8 Å². The Morgan fingerprint density at radius 3 is 2.53 bits per heavy atom. The number of carbonyl (C=O) groups excluding carboxylic acids is 1. The van der Waals surface area contributed by atoms with E-state index in [4.69, 9.17) is 50.3 Å². The predicted molar refractivity (Wildman–Crippen MR) is 134 cm³/mol. The van der Waals surface area contributed by atoms with E-state index in [9.17, 15) is 4.79 Å². The maximum atomic E-state index is 13.3. The summed E-state index contributed by atoms with van der Waals surface area (Å²) in [4.78, 5) is 13.3. The van der Waals surface area contributed by atoms with Crippen LogP contribution in [0.4, 0.5) is 0 Å². The highest BCUT2D eigenvalue weighted by atomic mass is 35.5. The number of hydrogen-bond acceptors (Lipinski definition) is 4. The van der Waals surface area contributed by atoms with Crippen LogP contribution in [-0.2, 0) is 9.53 Å². The quantitative estimate of drug-likeness (QED) is 0.459. The number of amides is 1. The second-order valence-electron chi connectivity index (χ2n) is 7.98. The van der Waals surface area contributed by atoms with Crippen molar-refractivity contribution in [1.82, 2.24) is 5.32 Å². The zero-order valence-electron chi connectivity index (χ0n) is 19.0. The SMILES string of the molecule is C#CCOc1ccc([C@H]2CCCC[C@@H]2NC(=O)C(OCC#C)c2ccc(Cl)c(Cl)c2)cc1OC. The number of benzene rings is 2. The lowest BCUT2D eigenvalue weighted by molar-refractivity contribution is -0.133. The molecule has 0 spiro atoms. The molecule has 1 aliphatic rings. The van der Waals surface area contributed by atoms with E-state index in [0.29, 0.717) is 27.1 Å². The van der Waals surface area contributed by atoms with E-state index in [0.717, 1.165) is 31.2 Å². The summed E-state index contributed by atoms with van der Waals surface area (Å²) in [7, 11) is 1.59. The summed E-state index contributed by atoms with van der Waals surface area (Å²) in [5.41, 5.74) is 1.65. The predicted octanol–water partition coefficient (Wildman–Crippen LogP) is 5.55. The van der Waals surface area contributed by atoms with Gasteiger partial charge < -0.3 is 19.5 Å². The zero-order valence-corrected chi connectivity index (χ0v) is 20.5. The first-order valence-corrected chi connectivity index (χ1v) is 11.8. The Morgan fingerprint density at radius 2 is 1.82 bits per heavy atom. The maximum Gasteiger partial charge on any atom is 0.254 e. The second-order valence-corrected chi connectivity index (χ2v) is 8.79. The van der Waals surface area contributed by atoms with E-state index in [1.165, 1.54) is 0 Å². The minimum absolute atomic E-state index is 0.0112. The van der Waals surface area contributed by atoms with E-state index >= 15 is 0 Å². The van der Waals surface area contributed by atoms with Gasteiger partial charge in [-0.15, -0.1) is 12.8 Å². The van der Waals surface area contributed by atoms with Gasteiger partial charge in [-0.25, -0.2) is 0 Å². The third kappa shape index (κ3) is 6.39. The molecule has 1 fully saturated rings. The lowest BCUT2D eigenvalue weighted by Gasteiger charge is -2.34. The molecule has 1 N–H and O–H groups in total. The minimum Gasteiger partial charge on any atom is -0.493 e. The Balaban J connectivity index is 1.82. The summed E-state index contributed by atoms with van der Waals surface area (Å²) in [6.45, 7) is 0.147. The van der Waals surface area contributed by atoms with Gasteiger partial charge in [-0.2, -0.15) is 0 Å². The largest absolute Gasteiger partial charge is 0.493 e. The molecule has 0 bridgehead atoms. The molecular weight excluding hydrogens is 473 g/mol.